The van der Waals surface area contributed by atoms with Gasteiger partial charge in [-0.05, 0) is 44.5 Å². The summed E-state index contributed by atoms with van der Waals surface area (Å²) in [5, 5.41) is 0. The van der Waals surface area contributed by atoms with Gasteiger partial charge in [0.15, 0.2) is 9.84 Å². The van der Waals surface area contributed by atoms with Crippen LogP contribution in [0.4, 0.5) is 5.69 Å². The van der Waals surface area contributed by atoms with Crippen molar-refractivity contribution in [2.75, 3.05) is 29.5 Å². The topological polar surface area (TPSA) is 63.7 Å². The molecule has 1 saturated heterocycles. The number of nitrogens with zero attached hydrogens (tertiary/aromatic N) is 1. The fraction of sp³-hybridized carbons (Fsp3) is 0.562. The molecule has 0 bridgehead atoms. The zero-order valence-corrected chi connectivity index (χ0v) is 14.1. The summed E-state index contributed by atoms with van der Waals surface area (Å²) in [4.78, 5) is 14.1. The monoisotopic (exact) mass is 325 g/mol. The molecule has 1 aliphatic rings. The predicted octanol–water partition coefficient (Wildman–Crippen LogP) is 2.27. The molecule has 1 aliphatic heterocycles. The van der Waals surface area contributed by atoms with Gasteiger partial charge in [0.25, 0.3) is 0 Å². The van der Waals surface area contributed by atoms with Gasteiger partial charge in [-0.1, -0.05) is 6.92 Å². The van der Waals surface area contributed by atoms with Crippen LogP contribution in [0.25, 0.3) is 0 Å². The largest absolute Gasteiger partial charge is 0.456 e. The Bertz CT molecular complexity index is 621. The second-order valence-electron chi connectivity index (χ2n) is 6.19. The molecule has 0 unspecified atom stereocenters. The highest BCUT2D eigenvalue weighted by Gasteiger charge is 2.23. The molecule has 1 fully saturated rings. The maximum atomic E-state index is 12.1. The first-order chi connectivity index (χ1) is 10.2. The summed E-state index contributed by atoms with van der Waals surface area (Å²) in [5.41, 5.74) is 0.966. The van der Waals surface area contributed by atoms with E-state index in [1.165, 1.54) is 0 Å². The Balaban J connectivity index is 2.03. The minimum atomic E-state index is -2.88. The number of esters is 1. The van der Waals surface area contributed by atoms with E-state index in [2.05, 4.69) is 0 Å². The van der Waals surface area contributed by atoms with Crippen LogP contribution in [0.2, 0.25) is 0 Å². The summed E-state index contributed by atoms with van der Waals surface area (Å²) >= 11 is 0. The maximum Gasteiger partial charge on any atom is 0.338 e. The maximum absolute atomic E-state index is 12.1. The summed E-state index contributed by atoms with van der Waals surface area (Å²) in [6, 6.07) is 7.14. The van der Waals surface area contributed by atoms with Crippen LogP contribution in [0.1, 0.15) is 37.6 Å². The third kappa shape index (κ3) is 4.22. The molecule has 122 valence electrons. The van der Waals surface area contributed by atoms with Gasteiger partial charge in [-0.15, -0.1) is 0 Å². The van der Waals surface area contributed by atoms with Gasteiger partial charge in [0.05, 0.1) is 17.1 Å². The molecular formula is C16H23NO4S. The molecule has 0 saturated carbocycles. The van der Waals surface area contributed by atoms with Crippen molar-refractivity contribution in [2.45, 2.75) is 32.8 Å². The van der Waals surface area contributed by atoms with Gasteiger partial charge in [0.2, 0.25) is 0 Å². The summed E-state index contributed by atoms with van der Waals surface area (Å²) in [5.74, 6) is 0.0304. The van der Waals surface area contributed by atoms with Gasteiger partial charge in [-0.2, -0.15) is 0 Å². The number of carbonyl (C=O) groups is 1. The second-order valence-corrected chi connectivity index (χ2v) is 8.49. The van der Waals surface area contributed by atoms with Gasteiger partial charge < -0.3 is 9.64 Å². The van der Waals surface area contributed by atoms with Crippen LogP contribution < -0.4 is 4.90 Å². The van der Waals surface area contributed by atoms with Crippen LogP contribution in [0.3, 0.4) is 0 Å². The summed E-state index contributed by atoms with van der Waals surface area (Å²) in [6.45, 7) is 6.73. The van der Waals surface area contributed by atoms with Crippen molar-refractivity contribution in [3.05, 3.63) is 29.8 Å². The van der Waals surface area contributed by atoms with Gasteiger partial charge >= 0.3 is 5.97 Å². The van der Waals surface area contributed by atoms with Crippen molar-refractivity contribution in [3.63, 3.8) is 0 Å². The molecule has 0 radical (unpaired) electrons. The van der Waals surface area contributed by atoms with Gasteiger partial charge in [0, 0.05) is 18.8 Å². The quantitative estimate of drug-likeness (QED) is 0.795. The average molecular weight is 325 g/mol. The molecule has 0 spiro atoms. The van der Waals surface area contributed by atoms with E-state index >= 15 is 0 Å². The third-order valence-electron chi connectivity index (χ3n) is 4.03. The molecule has 1 heterocycles. The highest BCUT2D eigenvalue weighted by Crippen LogP contribution is 2.20. The molecule has 22 heavy (non-hydrogen) atoms. The van der Waals surface area contributed by atoms with E-state index in [9.17, 15) is 13.2 Å². The van der Waals surface area contributed by atoms with Crippen LogP contribution in [0.5, 0.6) is 0 Å². The second kappa shape index (κ2) is 6.28. The lowest BCUT2D eigenvalue weighted by molar-refractivity contribution is -0.00243. The first-order valence-corrected chi connectivity index (χ1v) is 9.33. The summed E-state index contributed by atoms with van der Waals surface area (Å²) in [6.07, 6.45) is 0.749. The lowest BCUT2D eigenvalue weighted by Crippen LogP contribution is -2.40. The van der Waals surface area contributed by atoms with Crippen LogP contribution >= 0.6 is 0 Å². The molecule has 0 atom stereocenters. The molecule has 0 amide bonds. The zero-order valence-electron chi connectivity index (χ0n) is 13.3. The average Bonchev–Trinajstić information content (AvgIpc) is 2.47. The Morgan fingerprint density at radius 1 is 1.18 bits per heavy atom. The van der Waals surface area contributed by atoms with Gasteiger partial charge in [-0.3, -0.25) is 0 Å². The predicted molar refractivity (Wildman–Crippen MR) is 87.1 cm³/mol. The van der Waals surface area contributed by atoms with E-state index in [-0.39, 0.29) is 17.5 Å². The van der Waals surface area contributed by atoms with Crippen molar-refractivity contribution >= 4 is 21.5 Å². The number of carbonyl (C=O) groups excluding carboxylic acids is 1. The Morgan fingerprint density at radius 3 is 2.23 bits per heavy atom. The lowest BCUT2D eigenvalue weighted by Gasteiger charge is -2.29. The van der Waals surface area contributed by atoms with E-state index in [1.807, 2.05) is 37.8 Å². The van der Waals surface area contributed by atoms with Crippen molar-refractivity contribution < 1.29 is 17.9 Å². The highest BCUT2D eigenvalue weighted by atomic mass is 32.2. The van der Waals surface area contributed by atoms with Crippen LogP contribution in [0.15, 0.2) is 24.3 Å². The molecule has 6 heteroatoms. The van der Waals surface area contributed by atoms with Crippen LogP contribution in [-0.2, 0) is 14.6 Å². The van der Waals surface area contributed by atoms with Crippen molar-refractivity contribution in [1.29, 1.82) is 0 Å². The minimum Gasteiger partial charge on any atom is -0.456 e. The SMILES string of the molecule is CCC(C)(C)OC(=O)c1ccc(N2CCS(=O)(=O)CC2)cc1. The number of ether oxygens (including phenoxy) is 1. The molecule has 0 N–H and O–H groups in total. The van der Waals surface area contributed by atoms with Gasteiger partial charge in [0.1, 0.15) is 5.60 Å². The normalized spacial score (nSPS) is 18.0. The number of rotatable bonds is 4. The van der Waals surface area contributed by atoms with E-state index < -0.39 is 15.4 Å². The smallest absolute Gasteiger partial charge is 0.338 e. The number of hydrogen-bond acceptors (Lipinski definition) is 5. The Kier molecular flexibility index (Phi) is 4.80. The lowest BCUT2D eigenvalue weighted by atomic mass is 10.1. The first kappa shape index (κ1) is 16.8. The van der Waals surface area contributed by atoms with Crippen LogP contribution in [-0.4, -0.2) is 44.6 Å². The van der Waals surface area contributed by atoms with Crippen LogP contribution in [0, 0.1) is 0 Å². The molecule has 5 nitrogen and oxygen atoms in total. The van der Waals surface area contributed by atoms with Crippen molar-refractivity contribution in [3.8, 4) is 0 Å². The fourth-order valence-electron chi connectivity index (χ4n) is 2.16. The first-order valence-electron chi connectivity index (χ1n) is 7.51. The highest BCUT2D eigenvalue weighted by molar-refractivity contribution is 7.91. The minimum absolute atomic E-state index is 0.182. The number of anilines is 1. The Hall–Kier alpha value is -1.56. The van der Waals surface area contributed by atoms with E-state index in [4.69, 9.17) is 4.74 Å². The molecule has 0 aromatic heterocycles. The Morgan fingerprint density at radius 2 is 1.73 bits per heavy atom. The number of hydrogen-bond donors (Lipinski definition) is 0. The summed E-state index contributed by atoms with van der Waals surface area (Å²) < 4.78 is 28.3. The molecular weight excluding hydrogens is 302 g/mol. The standard InChI is InChI=1S/C16H23NO4S/c1-4-16(2,3)21-15(18)13-5-7-14(8-6-13)17-9-11-22(19,20)12-10-17/h5-8H,4,9-12H2,1-3H3. The molecule has 2 rings (SSSR count). The van der Waals surface area contributed by atoms with E-state index in [0.717, 1.165) is 12.1 Å². The van der Waals surface area contributed by atoms with Crippen molar-refractivity contribution in [2.24, 2.45) is 0 Å². The zero-order chi connectivity index (χ0) is 16.4. The van der Waals surface area contributed by atoms with Crippen molar-refractivity contribution in [1.82, 2.24) is 0 Å². The van der Waals surface area contributed by atoms with E-state index in [1.54, 1.807) is 12.1 Å². The van der Waals surface area contributed by atoms with Gasteiger partial charge in [-0.25, -0.2) is 13.2 Å². The number of sulfone groups is 1. The number of benzene rings is 1. The third-order valence-corrected chi connectivity index (χ3v) is 5.64. The summed E-state index contributed by atoms with van der Waals surface area (Å²) in [7, 11) is -2.88. The fourth-order valence-corrected chi connectivity index (χ4v) is 3.36. The Labute approximate surface area is 132 Å². The molecule has 1 aromatic rings. The van der Waals surface area contributed by atoms with E-state index in [0.29, 0.717) is 18.7 Å². The molecule has 1 aromatic carbocycles. The molecule has 0 aliphatic carbocycles.